The number of ether oxygens (including phenoxy) is 18. The number of methoxy groups -OCH3 is 9. The zero-order chi connectivity index (χ0) is 47.1. The van der Waals surface area contributed by atoms with Crippen LogP contribution in [-0.2, 0) is 99.6 Å². The maximum absolute atomic E-state index is 14.0. The van der Waals surface area contributed by atoms with Crippen LogP contribution >= 0.6 is 0 Å². The zero-order valence-electron chi connectivity index (χ0n) is 39.1. The Morgan fingerprint density at radius 2 is 0.621 bits per heavy atom. The number of nitrogens with one attached hydrogen (secondary N) is 3. The first-order valence-corrected chi connectivity index (χ1v) is 22.4. The van der Waals surface area contributed by atoms with Crippen LogP contribution in [0.3, 0.4) is 0 Å². The van der Waals surface area contributed by atoms with Crippen molar-refractivity contribution in [3.63, 3.8) is 0 Å². The molecule has 7 saturated heterocycles. The van der Waals surface area contributed by atoms with Crippen LogP contribution in [0.15, 0.2) is 0 Å². The molecule has 378 valence electrons. The van der Waals surface area contributed by atoms with E-state index in [4.69, 9.17) is 85.3 Å². The molecule has 7 fully saturated rings. The molecule has 24 heteroatoms. The first-order valence-electron chi connectivity index (χ1n) is 22.4. The number of rotatable bonds is 15. The van der Waals surface area contributed by atoms with Crippen molar-refractivity contribution in [2.24, 2.45) is 0 Å². The lowest BCUT2D eigenvalue weighted by Crippen LogP contribution is -2.57. The minimum Gasteiger partial charge on any atom is -0.376 e. The van der Waals surface area contributed by atoms with Crippen LogP contribution in [0.2, 0.25) is 0 Å². The molecule has 0 aromatic heterocycles. The quantitative estimate of drug-likeness (QED) is 0.150. The molecule has 3 amide bonds. The number of amides is 3. The van der Waals surface area contributed by atoms with E-state index in [1.54, 1.807) is 42.7 Å². The Morgan fingerprint density at radius 1 is 0.364 bits per heavy atom. The van der Waals surface area contributed by atoms with Gasteiger partial charge in [0.15, 0.2) is 18.9 Å². The van der Waals surface area contributed by atoms with Gasteiger partial charge in [0, 0.05) is 103 Å². The number of fused-ring (bicyclic) bond motifs is 6. The highest BCUT2D eigenvalue weighted by atomic mass is 16.7. The molecule has 7 heterocycles. The van der Waals surface area contributed by atoms with Crippen molar-refractivity contribution in [2.45, 2.75) is 148 Å². The second-order valence-corrected chi connectivity index (χ2v) is 17.1. The van der Waals surface area contributed by atoms with Crippen molar-refractivity contribution in [1.82, 2.24) is 16.0 Å². The summed E-state index contributed by atoms with van der Waals surface area (Å²) in [5, 5.41) is 8.79. The maximum Gasteiger partial charge on any atom is 0.249 e. The van der Waals surface area contributed by atoms with Gasteiger partial charge in [-0.05, 0) is 0 Å². The van der Waals surface area contributed by atoms with Crippen LogP contribution in [0.4, 0.5) is 0 Å². The summed E-state index contributed by atoms with van der Waals surface area (Å²) in [6.07, 6.45) is -15.4. The van der Waals surface area contributed by atoms with E-state index >= 15 is 0 Å². The van der Waals surface area contributed by atoms with Crippen molar-refractivity contribution in [1.29, 1.82) is 0 Å². The van der Waals surface area contributed by atoms with E-state index in [-0.39, 0.29) is 58.7 Å². The van der Waals surface area contributed by atoms with Crippen molar-refractivity contribution in [2.75, 3.05) is 103 Å². The summed E-state index contributed by atoms with van der Waals surface area (Å²) >= 11 is 0. The Kier molecular flexibility index (Phi) is 18.7. The smallest absolute Gasteiger partial charge is 0.249 e. The fraction of sp³-hybridized carbons (Fsp3) is 0.929. The summed E-state index contributed by atoms with van der Waals surface area (Å²) in [5.41, 5.74) is 0. The summed E-state index contributed by atoms with van der Waals surface area (Å²) in [6, 6.07) is 0. The summed E-state index contributed by atoms with van der Waals surface area (Å²) in [7, 11) is 13.8. The molecule has 24 nitrogen and oxygen atoms in total. The van der Waals surface area contributed by atoms with Crippen LogP contribution in [0, 0.1) is 0 Å². The first-order chi connectivity index (χ1) is 32.0. The van der Waals surface area contributed by atoms with Gasteiger partial charge in [-0.25, -0.2) is 0 Å². The SMILES string of the molecule is CO[C@@H]1[C@@H](OC)[C@@H](O[C@H]2C[C@@H]3O[C@@H]2CNC(=O)[C@@H]2C[C@H](O[C@H]4OC[C@@H](OC)[C@H](OC)[C@H]4OC)[C@@H](CNC(=O)[C@H]4C[C@H](O[C@H]5OC[C@@H](OC)[C@H](OC)[C@H]5OC)[C@@H](CNC3=O)O4)O2)OC[C@H]1OC. The topological polar surface area (TPSA) is 253 Å². The molecule has 0 aromatic rings. The molecule has 0 aliphatic carbocycles. The molecule has 0 aromatic carbocycles. The highest BCUT2D eigenvalue weighted by molar-refractivity contribution is 5.83. The lowest BCUT2D eigenvalue weighted by molar-refractivity contribution is -0.296. The highest BCUT2D eigenvalue weighted by Crippen LogP contribution is 2.34. The molecular formula is C42H69N3O21. The average molecular weight is 952 g/mol. The van der Waals surface area contributed by atoms with E-state index in [1.807, 2.05) is 0 Å². The second kappa shape index (κ2) is 24.0. The van der Waals surface area contributed by atoms with E-state index in [9.17, 15) is 14.4 Å². The van der Waals surface area contributed by atoms with Crippen molar-refractivity contribution in [3.05, 3.63) is 0 Å². The molecule has 7 aliphatic heterocycles. The molecule has 21 atom stereocenters. The molecule has 0 saturated carbocycles. The summed E-state index contributed by atoms with van der Waals surface area (Å²) < 4.78 is 108. The number of carbonyl (C=O) groups excluding carboxylic acids is 3. The molecule has 7 aliphatic rings. The number of hydrogen-bond donors (Lipinski definition) is 3. The molecular weight excluding hydrogens is 882 g/mol. The molecule has 0 spiro atoms. The standard InChI is InChI=1S/C42H69N3O21/c1-49-28-16-58-40(34(55-7)31(28)52-4)64-19-10-22-37(46)44-14-26-21(66-42-36(57-9)33(54-6)30(51-3)18-60-42)12-24(63-26)39(48)45-15-27-20(11-23(62-27)38(47)43-13-25(19)61-22)65-41-35(56-8)32(53-5)29(50-2)17-59-41/h19-36,40-42H,10-18H2,1-9H3,(H,43,47)(H,44,46)(H,45,48)/t19-,20-,21-,22-,23-,24+,25+,26+,27+,28+,29+,30+,31-,32-,33-,34+,35+,36+,40+,41+,42+/m0/s1. The lowest BCUT2D eigenvalue weighted by Gasteiger charge is -2.41. The van der Waals surface area contributed by atoms with E-state index in [1.165, 1.54) is 21.3 Å². The molecule has 0 radical (unpaired) electrons. The molecule has 0 unspecified atom stereocenters. The van der Waals surface area contributed by atoms with Crippen LogP contribution in [0.1, 0.15) is 19.3 Å². The minimum absolute atomic E-state index is 0.0674. The van der Waals surface area contributed by atoms with Gasteiger partial charge in [0.25, 0.3) is 0 Å². The van der Waals surface area contributed by atoms with Crippen molar-refractivity contribution in [3.8, 4) is 0 Å². The first kappa shape index (κ1) is 51.5. The summed E-state index contributed by atoms with van der Waals surface area (Å²) in [6.45, 7) is 0.247. The fourth-order valence-corrected chi connectivity index (χ4v) is 9.87. The maximum atomic E-state index is 14.0. The second-order valence-electron chi connectivity index (χ2n) is 17.1. The lowest BCUT2D eigenvalue weighted by atomic mass is 10.0. The third kappa shape index (κ3) is 11.3. The third-order valence-electron chi connectivity index (χ3n) is 13.5. The van der Waals surface area contributed by atoms with Gasteiger partial charge in [-0.1, -0.05) is 0 Å². The number of hydrogen-bond acceptors (Lipinski definition) is 21. The summed E-state index contributed by atoms with van der Waals surface area (Å²) in [5.74, 6) is -1.43. The van der Waals surface area contributed by atoms with Crippen LogP contribution in [-0.4, -0.2) is 250 Å². The normalized spacial score (nSPS) is 44.9. The van der Waals surface area contributed by atoms with E-state index < -0.39 is 146 Å². The van der Waals surface area contributed by atoms with Crippen LogP contribution in [0.5, 0.6) is 0 Å². The Hall–Kier alpha value is -2.31. The van der Waals surface area contributed by atoms with Crippen molar-refractivity contribution >= 4 is 17.7 Å². The van der Waals surface area contributed by atoms with E-state index in [0.717, 1.165) is 0 Å². The molecule has 66 heavy (non-hydrogen) atoms. The fourth-order valence-electron chi connectivity index (χ4n) is 9.87. The summed E-state index contributed by atoms with van der Waals surface area (Å²) in [4.78, 5) is 42.0. The average Bonchev–Trinajstić information content (AvgIpc) is 4.07. The van der Waals surface area contributed by atoms with E-state index in [0.29, 0.717) is 0 Å². The van der Waals surface area contributed by atoms with Gasteiger partial charge in [-0.2, -0.15) is 0 Å². The Bertz CT molecular complexity index is 1400. The molecule has 7 rings (SSSR count). The molecule has 6 bridgehead atoms. The van der Waals surface area contributed by atoms with Crippen molar-refractivity contribution < 1.29 is 99.6 Å². The Labute approximate surface area is 384 Å². The zero-order valence-corrected chi connectivity index (χ0v) is 39.1. The Morgan fingerprint density at radius 3 is 0.848 bits per heavy atom. The van der Waals surface area contributed by atoms with Gasteiger partial charge >= 0.3 is 0 Å². The van der Waals surface area contributed by atoms with Gasteiger partial charge in [-0.3, -0.25) is 14.4 Å². The van der Waals surface area contributed by atoms with Gasteiger partial charge in [0.2, 0.25) is 17.7 Å². The predicted molar refractivity (Wildman–Crippen MR) is 220 cm³/mol. The van der Waals surface area contributed by atoms with Gasteiger partial charge in [-0.15, -0.1) is 0 Å². The minimum atomic E-state index is -1.03. The van der Waals surface area contributed by atoms with Gasteiger partial charge in [0.05, 0.1) is 38.1 Å². The molecule has 3 N–H and O–H groups in total. The van der Waals surface area contributed by atoms with Crippen LogP contribution in [0.25, 0.3) is 0 Å². The largest absolute Gasteiger partial charge is 0.376 e. The monoisotopic (exact) mass is 951 g/mol. The van der Waals surface area contributed by atoms with Gasteiger partial charge < -0.3 is 101 Å². The third-order valence-corrected chi connectivity index (χ3v) is 13.5. The Balaban J connectivity index is 1.13. The predicted octanol–water partition coefficient (Wildman–Crippen LogP) is -2.82. The van der Waals surface area contributed by atoms with Gasteiger partial charge in [0.1, 0.15) is 91.6 Å². The van der Waals surface area contributed by atoms with Crippen LogP contribution < -0.4 is 16.0 Å². The number of carbonyl (C=O) groups is 3. The highest BCUT2D eigenvalue weighted by Gasteiger charge is 2.52. The van der Waals surface area contributed by atoms with E-state index in [2.05, 4.69) is 16.0 Å².